The van der Waals surface area contributed by atoms with E-state index in [0.29, 0.717) is 44.6 Å². The van der Waals surface area contributed by atoms with E-state index in [2.05, 4.69) is 20.6 Å². The predicted octanol–water partition coefficient (Wildman–Crippen LogP) is 3.73. The lowest BCUT2D eigenvalue weighted by Crippen LogP contribution is -2.43. The number of nitrogens with zero attached hydrogens (tertiary/aromatic N) is 2. The summed E-state index contributed by atoms with van der Waals surface area (Å²) in [6.45, 7) is 4.41. The van der Waals surface area contributed by atoms with Gasteiger partial charge >= 0.3 is 0 Å². The Bertz CT molecular complexity index is 1240. The lowest BCUT2D eigenvalue weighted by molar-refractivity contribution is 0.0401. The van der Waals surface area contributed by atoms with Crippen molar-refractivity contribution in [1.82, 2.24) is 9.97 Å². The first-order chi connectivity index (χ1) is 18.5. The Morgan fingerprint density at radius 3 is 2.66 bits per heavy atom. The van der Waals surface area contributed by atoms with Gasteiger partial charge in [0, 0.05) is 36.0 Å². The molecule has 1 saturated carbocycles. The Balaban J connectivity index is 1.49. The minimum absolute atomic E-state index is 0.0315. The molecule has 2 atom stereocenters. The minimum Gasteiger partial charge on any atom is -0.475 e. The second-order valence-corrected chi connectivity index (χ2v) is 9.11. The monoisotopic (exact) mass is 526 g/mol. The van der Waals surface area contributed by atoms with E-state index in [1.165, 1.54) is 0 Å². The molecule has 10 nitrogen and oxygen atoms in total. The van der Waals surface area contributed by atoms with Crippen LogP contribution in [0.25, 0.3) is 10.8 Å². The highest BCUT2D eigenvalue weighted by atomic mass is 19.1. The molecule has 0 bridgehead atoms. The van der Waals surface area contributed by atoms with Crippen LogP contribution in [0.15, 0.2) is 36.5 Å². The minimum atomic E-state index is -0.788. The van der Waals surface area contributed by atoms with Gasteiger partial charge in [-0.1, -0.05) is 12.8 Å². The van der Waals surface area contributed by atoms with Crippen molar-refractivity contribution >= 4 is 34.0 Å². The van der Waals surface area contributed by atoms with Crippen LogP contribution in [-0.2, 0) is 9.47 Å². The molecule has 0 saturated heterocycles. The second-order valence-electron chi connectivity index (χ2n) is 9.11. The number of amides is 1. The van der Waals surface area contributed by atoms with Crippen LogP contribution in [0.2, 0.25) is 0 Å². The van der Waals surface area contributed by atoms with Gasteiger partial charge in [-0.25, -0.2) is 14.4 Å². The molecule has 1 aliphatic rings. The average Bonchev–Trinajstić information content (AvgIpc) is 2.91. The fourth-order valence-corrected chi connectivity index (χ4v) is 4.43. The van der Waals surface area contributed by atoms with E-state index in [9.17, 15) is 9.18 Å². The molecule has 11 heteroatoms. The van der Waals surface area contributed by atoms with Crippen LogP contribution in [0.5, 0.6) is 5.88 Å². The van der Waals surface area contributed by atoms with Gasteiger partial charge in [-0.05, 0) is 55.5 Å². The van der Waals surface area contributed by atoms with Crippen LogP contribution in [0, 0.1) is 5.82 Å². The van der Waals surface area contributed by atoms with Crippen LogP contribution in [0.4, 0.5) is 21.7 Å². The molecule has 204 valence electrons. The number of anilines is 3. The van der Waals surface area contributed by atoms with E-state index in [0.717, 1.165) is 42.5 Å². The molecule has 4 rings (SSSR count). The third-order valence-electron chi connectivity index (χ3n) is 6.42. The number of ether oxygens (including phenoxy) is 3. The van der Waals surface area contributed by atoms with Gasteiger partial charge in [-0.3, -0.25) is 4.79 Å². The Morgan fingerprint density at radius 2 is 1.87 bits per heavy atom. The number of carbonyl (C=O) groups excluding carboxylic acids is 1. The van der Waals surface area contributed by atoms with Crippen LogP contribution >= 0.6 is 0 Å². The zero-order valence-electron chi connectivity index (χ0n) is 21.5. The molecule has 0 aliphatic heterocycles. The summed E-state index contributed by atoms with van der Waals surface area (Å²) in [6.07, 6.45) is 5.40. The maximum Gasteiger partial charge on any atom is 0.252 e. The summed E-state index contributed by atoms with van der Waals surface area (Å²) in [4.78, 5) is 20.8. The van der Waals surface area contributed by atoms with Gasteiger partial charge in [0.25, 0.3) is 5.91 Å². The maximum absolute atomic E-state index is 14.8. The lowest BCUT2D eigenvalue weighted by Gasteiger charge is -2.30. The van der Waals surface area contributed by atoms with E-state index in [1.54, 1.807) is 12.3 Å². The number of aromatic nitrogens is 2. The normalized spacial score (nSPS) is 17.3. The van der Waals surface area contributed by atoms with Crippen molar-refractivity contribution in [3.05, 3.63) is 47.9 Å². The van der Waals surface area contributed by atoms with Gasteiger partial charge < -0.3 is 36.3 Å². The smallest absolute Gasteiger partial charge is 0.252 e. The summed E-state index contributed by atoms with van der Waals surface area (Å²) in [7, 11) is 0. The first-order valence-electron chi connectivity index (χ1n) is 12.9. The highest BCUT2D eigenvalue weighted by Crippen LogP contribution is 2.30. The van der Waals surface area contributed by atoms with Gasteiger partial charge in [0.1, 0.15) is 12.4 Å². The fourth-order valence-electron chi connectivity index (χ4n) is 4.43. The number of fused-ring (bicyclic) bond motifs is 1. The molecule has 6 N–H and O–H groups in total. The van der Waals surface area contributed by atoms with Crippen molar-refractivity contribution in [2.75, 3.05) is 43.7 Å². The second kappa shape index (κ2) is 13.3. The number of rotatable bonds is 13. The summed E-state index contributed by atoms with van der Waals surface area (Å²) in [5.41, 5.74) is 12.3. The number of hydrogen-bond acceptors (Lipinski definition) is 9. The highest BCUT2D eigenvalue weighted by molar-refractivity contribution is 5.99. The Morgan fingerprint density at radius 1 is 1.08 bits per heavy atom. The summed E-state index contributed by atoms with van der Waals surface area (Å²) >= 11 is 0. The zero-order chi connectivity index (χ0) is 26.9. The molecule has 1 unspecified atom stereocenters. The standard InChI is InChI=1S/C27H35FN6O4/c1-2-36-11-12-37-13-14-38-27-19-8-7-18(15-17(19)9-10-31-27)32-25-20(24(30)35)16-21(28)26(34-25)33-23-6-4-3-5-22(23)29/h7-10,15-16,22-23H,2-6,11-14,29H2,1H3,(H2,30,35)(H2,32,33,34)/t22?,23-/m1/s1. The Hall–Kier alpha value is -3.54. The SMILES string of the molecule is CCOCCOCCOc1nccc2cc(Nc3nc(N[C@@H]4CCCCC4N)c(F)cc3C(N)=O)ccc12. The fraction of sp³-hybridized carbons (Fsp3) is 0.444. The lowest BCUT2D eigenvalue weighted by atomic mass is 9.91. The highest BCUT2D eigenvalue weighted by Gasteiger charge is 2.24. The predicted molar refractivity (Wildman–Crippen MR) is 144 cm³/mol. The summed E-state index contributed by atoms with van der Waals surface area (Å²) in [6, 6.07) is 8.27. The molecule has 1 aromatic carbocycles. The number of nitrogens with one attached hydrogen (secondary N) is 2. The number of pyridine rings is 2. The molecule has 38 heavy (non-hydrogen) atoms. The van der Waals surface area contributed by atoms with Gasteiger partial charge in [0.15, 0.2) is 11.6 Å². The van der Waals surface area contributed by atoms with Gasteiger partial charge in [-0.15, -0.1) is 0 Å². The number of halogens is 1. The first-order valence-corrected chi connectivity index (χ1v) is 12.9. The van der Waals surface area contributed by atoms with Crippen LogP contribution in [0.1, 0.15) is 43.0 Å². The molecule has 1 aliphatic carbocycles. The molecular formula is C27H35FN6O4. The van der Waals surface area contributed by atoms with Gasteiger partial charge in [-0.2, -0.15) is 0 Å². The van der Waals surface area contributed by atoms with E-state index in [4.69, 9.17) is 25.7 Å². The molecule has 2 aromatic heterocycles. The largest absolute Gasteiger partial charge is 0.475 e. The summed E-state index contributed by atoms with van der Waals surface area (Å²) in [5, 5.41) is 7.90. The Kier molecular flexibility index (Phi) is 9.63. The summed E-state index contributed by atoms with van der Waals surface area (Å²) < 4.78 is 31.4. The number of primary amides is 1. The molecular weight excluding hydrogens is 491 g/mol. The van der Waals surface area contributed by atoms with Crippen molar-refractivity contribution in [3.8, 4) is 5.88 Å². The number of carbonyl (C=O) groups is 1. The van der Waals surface area contributed by atoms with E-state index < -0.39 is 11.7 Å². The molecule has 1 fully saturated rings. The van der Waals surface area contributed by atoms with Gasteiger partial charge in [0.05, 0.1) is 25.4 Å². The number of benzene rings is 1. The van der Waals surface area contributed by atoms with Crippen molar-refractivity contribution in [3.63, 3.8) is 0 Å². The molecule has 0 spiro atoms. The third kappa shape index (κ3) is 7.06. The van der Waals surface area contributed by atoms with Crippen molar-refractivity contribution < 1.29 is 23.4 Å². The van der Waals surface area contributed by atoms with Crippen molar-refractivity contribution in [1.29, 1.82) is 0 Å². The first kappa shape index (κ1) is 27.5. The maximum atomic E-state index is 14.8. The number of nitrogens with two attached hydrogens (primary N) is 2. The summed E-state index contributed by atoms with van der Waals surface area (Å²) in [5.74, 6) is -0.779. The van der Waals surface area contributed by atoms with Crippen LogP contribution in [-0.4, -0.2) is 61.0 Å². The average molecular weight is 527 g/mol. The van der Waals surface area contributed by atoms with Crippen molar-refractivity contribution in [2.45, 2.75) is 44.7 Å². The van der Waals surface area contributed by atoms with Crippen LogP contribution < -0.4 is 26.8 Å². The van der Waals surface area contributed by atoms with E-state index >= 15 is 0 Å². The van der Waals surface area contributed by atoms with E-state index in [1.807, 2.05) is 25.1 Å². The quantitative estimate of drug-likeness (QED) is 0.245. The third-order valence-corrected chi connectivity index (χ3v) is 6.42. The number of hydrogen-bond donors (Lipinski definition) is 4. The van der Waals surface area contributed by atoms with Gasteiger partial charge in [0.2, 0.25) is 5.88 Å². The van der Waals surface area contributed by atoms with Crippen molar-refractivity contribution in [2.24, 2.45) is 11.5 Å². The van der Waals surface area contributed by atoms with Crippen LogP contribution in [0.3, 0.4) is 0 Å². The topological polar surface area (TPSA) is 147 Å². The molecule has 2 heterocycles. The Labute approximate surface area is 221 Å². The molecule has 3 aromatic rings. The molecule has 0 radical (unpaired) electrons. The zero-order valence-corrected chi connectivity index (χ0v) is 21.5. The molecule has 1 amide bonds. The van der Waals surface area contributed by atoms with E-state index in [-0.39, 0.29) is 29.3 Å².